The van der Waals surface area contributed by atoms with Gasteiger partial charge in [0.25, 0.3) is 0 Å². The van der Waals surface area contributed by atoms with Gasteiger partial charge in [-0.1, -0.05) is 18.2 Å². The van der Waals surface area contributed by atoms with Crippen LogP contribution in [0.3, 0.4) is 0 Å². The molecule has 0 unspecified atom stereocenters. The van der Waals surface area contributed by atoms with Crippen LogP contribution in [0.5, 0.6) is 0 Å². The summed E-state index contributed by atoms with van der Waals surface area (Å²) < 4.78 is 1.67. The third-order valence-corrected chi connectivity index (χ3v) is 2.51. The number of hydrogen-bond acceptors (Lipinski definition) is 3. The Morgan fingerprint density at radius 1 is 1.39 bits per heavy atom. The quantitative estimate of drug-likeness (QED) is 0.607. The lowest BCUT2D eigenvalue weighted by Crippen LogP contribution is -2.03. The molecule has 0 fully saturated rings. The van der Waals surface area contributed by atoms with Crippen molar-refractivity contribution < 1.29 is 4.79 Å². The van der Waals surface area contributed by atoms with Crippen LogP contribution in [-0.4, -0.2) is 15.3 Å². The van der Waals surface area contributed by atoms with E-state index in [4.69, 9.17) is 5.26 Å². The van der Waals surface area contributed by atoms with E-state index >= 15 is 0 Å². The van der Waals surface area contributed by atoms with Gasteiger partial charge in [-0.2, -0.15) is 5.26 Å². The molecule has 1 aromatic heterocycles. The molecule has 0 atom stereocenters. The molecule has 4 heteroatoms. The van der Waals surface area contributed by atoms with E-state index in [9.17, 15) is 4.79 Å². The van der Waals surface area contributed by atoms with Crippen molar-refractivity contribution in [3.63, 3.8) is 0 Å². The summed E-state index contributed by atoms with van der Waals surface area (Å²) in [5.41, 5.74) is 1.47. The average molecular weight is 237 g/mol. The second kappa shape index (κ2) is 5.11. The predicted octanol–water partition coefficient (Wildman–Crippen LogP) is 2.19. The van der Waals surface area contributed by atoms with Gasteiger partial charge in [-0.05, 0) is 23.8 Å². The van der Waals surface area contributed by atoms with Gasteiger partial charge in [0, 0.05) is 19.4 Å². The zero-order chi connectivity index (χ0) is 13.0. The summed E-state index contributed by atoms with van der Waals surface area (Å²) in [6, 6.07) is 9.06. The fraction of sp³-hybridized carbons (Fsp3) is 0.0714. The number of allylic oxidation sites excluding steroid dienone is 1. The SMILES string of the molecule is Cn1ccnc1C(=O)C=Cc1ccc(C#N)cc1. The minimum Gasteiger partial charge on any atom is -0.331 e. The lowest BCUT2D eigenvalue weighted by atomic mass is 10.1. The van der Waals surface area contributed by atoms with Gasteiger partial charge >= 0.3 is 0 Å². The van der Waals surface area contributed by atoms with E-state index in [1.807, 2.05) is 6.07 Å². The first-order valence-electron chi connectivity index (χ1n) is 5.40. The molecular formula is C14H11N3O. The highest BCUT2D eigenvalue weighted by atomic mass is 16.1. The molecule has 0 N–H and O–H groups in total. The maximum absolute atomic E-state index is 11.8. The lowest BCUT2D eigenvalue weighted by molar-refractivity contribution is 0.103. The van der Waals surface area contributed by atoms with Crippen molar-refractivity contribution in [3.8, 4) is 6.07 Å². The van der Waals surface area contributed by atoms with Crippen LogP contribution < -0.4 is 0 Å². The number of imidazole rings is 1. The molecule has 0 saturated carbocycles. The van der Waals surface area contributed by atoms with Gasteiger partial charge < -0.3 is 4.57 Å². The molecule has 0 saturated heterocycles. The normalized spacial score (nSPS) is 10.4. The van der Waals surface area contributed by atoms with E-state index in [1.165, 1.54) is 6.08 Å². The van der Waals surface area contributed by atoms with E-state index in [0.29, 0.717) is 11.4 Å². The summed E-state index contributed by atoms with van der Waals surface area (Å²) in [5, 5.41) is 8.67. The van der Waals surface area contributed by atoms with Crippen LogP contribution in [0, 0.1) is 11.3 Å². The lowest BCUT2D eigenvalue weighted by Gasteiger charge is -1.96. The molecule has 0 radical (unpaired) electrons. The summed E-state index contributed by atoms with van der Waals surface area (Å²) in [7, 11) is 1.77. The summed E-state index contributed by atoms with van der Waals surface area (Å²) in [6.45, 7) is 0. The molecule has 0 amide bonds. The first-order valence-corrected chi connectivity index (χ1v) is 5.40. The van der Waals surface area contributed by atoms with Crippen molar-refractivity contribution in [2.24, 2.45) is 7.05 Å². The summed E-state index contributed by atoms with van der Waals surface area (Å²) in [4.78, 5) is 15.8. The standard InChI is InChI=1S/C14H11N3O/c1-17-9-8-16-14(17)13(18)7-6-11-2-4-12(10-15)5-3-11/h2-9H,1H3. The van der Waals surface area contributed by atoms with Crippen LogP contribution in [-0.2, 0) is 7.05 Å². The van der Waals surface area contributed by atoms with E-state index < -0.39 is 0 Å². The monoisotopic (exact) mass is 237 g/mol. The second-order valence-electron chi connectivity index (χ2n) is 3.79. The fourth-order valence-corrected chi connectivity index (χ4v) is 1.52. The molecule has 1 aromatic carbocycles. The van der Waals surface area contributed by atoms with Gasteiger partial charge in [-0.25, -0.2) is 4.98 Å². The zero-order valence-corrected chi connectivity index (χ0v) is 9.87. The van der Waals surface area contributed by atoms with Crippen molar-refractivity contribution in [3.05, 3.63) is 59.7 Å². The van der Waals surface area contributed by atoms with Gasteiger partial charge in [0.15, 0.2) is 5.82 Å². The molecule has 2 aromatic rings. The highest BCUT2D eigenvalue weighted by Gasteiger charge is 2.06. The molecular weight excluding hydrogens is 226 g/mol. The number of nitrogens with zero attached hydrogens (tertiary/aromatic N) is 3. The van der Waals surface area contributed by atoms with E-state index in [2.05, 4.69) is 4.98 Å². The Hall–Kier alpha value is -2.67. The first kappa shape index (κ1) is 11.8. The molecule has 0 aliphatic heterocycles. The second-order valence-corrected chi connectivity index (χ2v) is 3.79. The maximum Gasteiger partial charge on any atom is 0.221 e. The Morgan fingerprint density at radius 3 is 2.67 bits per heavy atom. The topological polar surface area (TPSA) is 58.7 Å². The van der Waals surface area contributed by atoms with Crippen molar-refractivity contribution in [2.75, 3.05) is 0 Å². The highest BCUT2D eigenvalue weighted by Crippen LogP contribution is 2.06. The zero-order valence-electron chi connectivity index (χ0n) is 9.87. The van der Waals surface area contributed by atoms with E-state index in [0.717, 1.165) is 5.56 Å². The van der Waals surface area contributed by atoms with Crippen molar-refractivity contribution in [1.29, 1.82) is 5.26 Å². The third kappa shape index (κ3) is 2.53. The number of benzene rings is 1. The summed E-state index contributed by atoms with van der Waals surface area (Å²) >= 11 is 0. The van der Waals surface area contributed by atoms with Crippen LogP contribution >= 0.6 is 0 Å². The number of rotatable bonds is 3. The minimum atomic E-state index is -0.146. The number of aryl methyl sites for hydroxylation is 1. The van der Waals surface area contributed by atoms with Crippen molar-refractivity contribution >= 4 is 11.9 Å². The number of ketones is 1. The smallest absolute Gasteiger partial charge is 0.221 e. The maximum atomic E-state index is 11.8. The van der Waals surface area contributed by atoms with Crippen LogP contribution in [0.25, 0.3) is 6.08 Å². The fourth-order valence-electron chi connectivity index (χ4n) is 1.52. The number of aromatic nitrogens is 2. The van der Waals surface area contributed by atoms with E-state index in [-0.39, 0.29) is 5.78 Å². The van der Waals surface area contributed by atoms with Crippen molar-refractivity contribution in [1.82, 2.24) is 9.55 Å². The molecule has 0 aliphatic rings. The first-order chi connectivity index (χ1) is 8.70. The molecule has 1 heterocycles. The van der Waals surface area contributed by atoms with Gasteiger partial charge in [-0.3, -0.25) is 4.79 Å². The van der Waals surface area contributed by atoms with Crippen LogP contribution in [0.15, 0.2) is 42.7 Å². The Bertz CT molecular complexity index is 630. The van der Waals surface area contributed by atoms with Crippen LogP contribution in [0.1, 0.15) is 21.7 Å². The number of nitriles is 1. The molecule has 0 aliphatic carbocycles. The van der Waals surface area contributed by atoms with Crippen LogP contribution in [0.4, 0.5) is 0 Å². The molecule has 88 valence electrons. The number of carbonyl (C=O) groups is 1. The Morgan fingerprint density at radius 2 is 2.11 bits per heavy atom. The third-order valence-electron chi connectivity index (χ3n) is 2.51. The molecule has 2 rings (SSSR count). The molecule has 4 nitrogen and oxygen atoms in total. The van der Waals surface area contributed by atoms with Gasteiger partial charge in [-0.15, -0.1) is 0 Å². The van der Waals surface area contributed by atoms with Gasteiger partial charge in [0.05, 0.1) is 11.6 Å². The highest BCUT2D eigenvalue weighted by molar-refractivity contribution is 6.04. The van der Waals surface area contributed by atoms with E-state index in [1.54, 1.807) is 54.3 Å². The van der Waals surface area contributed by atoms with Gasteiger partial charge in [0.2, 0.25) is 5.78 Å². The number of hydrogen-bond donors (Lipinski definition) is 0. The molecule has 0 spiro atoms. The summed E-state index contributed by atoms with van der Waals surface area (Å²) in [6.07, 6.45) is 6.49. The largest absolute Gasteiger partial charge is 0.331 e. The minimum absolute atomic E-state index is 0.146. The molecule has 18 heavy (non-hydrogen) atoms. The van der Waals surface area contributed by atoms with Gasteiger partial charge in [0.1, 0.15) is 0 Å². The van der Waals surface area contributed by atoms with Crippen molar-refractivity contribution in [2.45, 2.75) is 0 Å². The van der Waals surface area contributed by atoms with Crippen LogP contribution in [0.2, 0.25) is 0 Å². The Kier molecular flexibility index (Phi) is 3.35. The molecule has 0 bridgehead atoms. The summed E-state index contributed by atoms with van der Waals surface area (Å²) in [5.74, 6) is 0.256. The number of carbonyl (C=O) groups excluding carboxylic acids is 1. The Balaban J connectivity index is 2.14. The Labute approximate surface area is 105 Å². The predicted molar refractivity (Wildman–Crippen MR) is 67.7 cm³/mol. The average Bonchev–Trinajstić information content (AvgIpc) is 2.83.